The van der Waals surface area contributed by atoms with E-state index in [0.29, 0.717) is 6.42 Å². The zero-order chi connectivity index (χ0) is 17.8. The van der Waals surface area contributed by atoms with Crippen LogP contribution in [0.1, 0.15) is 41.1 Å². The summed E-state index contributed by atoms with van der Waals surface area (Å²) in [6, 6.07) is 31.2. The third-order valence-electron chi connectivity index (χ3n) is 5.13. The Labute approximate surface area is 154 Å². The van der Waals surface area contributed by atoms with Gasteiger partial charge in [0.2, 0.25) is 0 Å². The largest absolute Gasteiger partial charge is 0.411 e. The highest BCUT2D eigenvalue weighted by Gasteiger charge is 2.37. The van der Waals surface area contributed by atoms with Crippen LogP contribution in [0, 0.1) is 0 Å². The minimum absolute atomic E-state index is 0.00330. The van der Waals surface area contributed by atoms with Crippen LogP contribution in [0.4, 0.5) is 0 Å². The summed E-state index contributed by atoms with van der Waals surface area (Å²) in [5, 5.41) is 17.4. The van der Waals surface area contributed by atoms with Gasteiger partial charge in [0.15, 0.2) is 0 Å². The fraction of sp³-hybridized carbons (Fsp3) is 0.174. The van der Waals surface area contributed by atoms with E-state index in [-0.39, 0.29) is 18.0 Å². The molecule has 1 aliphatic rings. The smallest absolute Gasteiger partial charge is 0.0683 e. The maximum atomic E-state index is 9.81. The molecule has 3 atom stereocenters. The molecule has 0 saturated carbocycles. The van der Waals surface area contributed by atoms with E-state index in [2.05, 4.69) is 59.0 Å². The second kappa shape index (κ2) is 7.54. The van der Waals surface area contributed by atoms with Crippen LogP contribution >= 0.6 is 0 Å². The van der Waals surface area contributed by atoms with Crippen LogP contribution in [0.3, 0.4) is 0 Å². The molecule has 3 nitrogen and oxygen atoms in total. The lowest BCUT2D eigenvalue weighted by atomic mass is 9.77. The van der Waals surface area contributed by atoms with Crippen molar-refractivity contribution < 1.29 is 5.21 Å². The van der Waals surface area contributed by atoms with E-state index in [1.807, 2.05) is 42.5 Å². The van der Waals surface area contributed by atoms with Gasteiger partial charge in [-0.3, -0.25) is 0 Å². The average molecular weight is 342 g/mol. The van der Waals surface area contributed by atoms with E-state index in [4.69, 9.17) is 0 Å². The zero-order valence-electron chi connectivity index (χ0n) is 14.5. The number of hydrogen-bond acceptors (Lipinski definition) is 3. The Balaban J connectivity index is 1.78. The fourth-order valence-corrected chi connectivity index (χ4v) is 3.90. The lowest BCUT2D eigenvalue weighted by molar-refractivity contribution is 0.302. The molecule has 0 spiro atoms. The molecule has 0 bridgehead atoms. The molecular formula is C23H22N2O. The number of oxime groups is 1. The Hall–Kier alpha value is -2.91. The minimum atomic E-state index is 0.00330. The summed E-state index contributed by atoms with van der Waals surface area (Å²) < 4.78 is 0. The van der Waals surface area contributed by atoms with Crippen LogP contribution in [0.5, 0.6) is 0 Å². The number of hydrogen-bond donors (Lipinski definition) is 2. The lowest BCUT2D eigenvalue weighted by Crippen LogP contribution is -2.41. The van der Waals surface area contributed by atoms with Crippen molar-refractivity contribution in [3.8, 4) is 0 Å². The fourth-order valence-electron chi connectivity index (χ4n) is 3.90. The summed E-state index contributed by atoms with van der Waals surface area (Å²) in [6.07, 6.45) is 0.684. The molecule has 1 saturated heterocycles. The highest BCUT2D eigenvalue weighted by molar-refractivity contribution is 5.93. The van der Waals surface area contributed by atoms with Gasteiger partial charge in [0.25, 0.3) is 0 Å². The molecule has 1 fully saturated rings. The molecule has 0 unspecified atom stereocenters. The van der Waals surface area contributed by atoms with Crippen molar-refractivity contribution in [2.75, 3.05) is 0 Å². The minimum Gasteiger partial charge on any atom is -0.411 e. The maximum absolute atomic E-state index is 9.81. The Morgan fingerprint density at radius 3 is 1.73 bits per heavy atom. The number of nitrogens with zero attached hydrogens (tertiary/aromatic N) is 1. The van der Waals surface area contributed by atoms with E-state index in [0.717, 1.165) is 11.3 Å². The van der Waals surface area contributed by atoms with Gasteiger partial charge in [0, 0.05) is 24.4 Å². The van der Waals surface area contributed by atoms with E-state index in [1.54, 1.807) is 0 Å². The molecule has 2 N–H and O–H groups in total. The zero-order valence-corrected chi connectivity index (χ0v) is 14.5. The Morgan fingerprint density at radius 1 is 0.692 bits per heavy atom. The summed E-state index contributed by atoms with van der Waals surface area (Å²) >= 11 is 0. The van der Waals surface area contributed by atoms with Gasteiger partial charge >= 0.3 is 0 Å². The van der Waals surface area contributed by atoms with Crippen LogP contribution in [-0.4, -0.2) is 10.9 Å². The molecule has 26 heavy (non-hydrogen) atoms. The van der Waals surface area contributed by atoms with Crippen molar-refractivity contribution in [1.82, 2.24) is 5.32 Å². The molecule has 3 aromatic carbocycles. The van der Waals surface area contributed by atoms with Crippen molar-refractivity contribution in [1.29, 1.82) is 0 Å². The van der Waals surface area contributed by atoms with Crippen LogP contribution in [-0.2, 0) is 0 Å². The SMILES string of the molecule is O/N=C1/C[C@H](c2ccccc2)N[C@H](c2ccccc2)[C@H]1c1ccccc1. The van der Waals surface area contributed by atoms with Gasteiger partial charge in [0.05, 0.1) is 5.71 Å². The predicted molar refractivity (Wildman–Crippen MR) is 105 cm³/mol. The standard InChI is InChI=1S/C23H22N2O/c26-25-21-16-20(17-10-4-1-5-11-17)24-23(19-14-8-3-9-15-19)22(21)18-12-6-2-7-13-18/h1-15,20,22-24,26H,16H2/b25-21-/t20-,22+,23-/m1/s1. The number of benzene rings is 3. The Morgan fingerprint density at radius 2 is 1.19 bits per heavy atom. The van der Waals surface area contributed by atoms with E-state index < -0.39 is 0 Å². The summed E-state index contributed by atoms with van der Waals surface area (Å²) in [5.74, 6) is 0.00330. The molecule has 3 aromatic rings. The van der Waals surface area contributed by atoms with Crippen molar-refractivity contribution in [2.24, 2.45) is 5.16 Å². The third-order valence-corrected chi connectivity index (χ3v) is 5.13. The summed E-state index contributed by atoms with van der Waals surface area (Å²) in [5.41, 5.74) is 4.38. The monoisotopic (exact) mass is 342 g/mol. The molecule has 1 aliphatic heterocycles. The first-order valence-corrected chi connectivity index (χ1v) is 8.98. The van der Waals surface area contributed by atoms with Gasteiger partial charge in [0.1, 0.15) is 0 Å². The van der Waals surface area contributed by atoms with Gasteiger partial charge in [-0.05, 0) is 16.7 Å². The highest BCUT2D eigenvalue weighted by Crippen LogP contribution is 2.41. The molecular weight excluding hydrogens is 320 g/mol. The molecule has 4 rings (SSSR count). The number of nitrogens with one attached hydrogen (secondary N) is 1. The van der Waals surface area contributed by atoms with Crippen LogP contribution in [0.25, 0.3) is 0 Å². The van der Waals surface area contributed by atoms with Crippen molar-refractivity contribution in [2.45, 2.75) is 24.4 Å². The van der Waals surface area contributed by atoms with Crippen LogP contribution in [0.2, 0.25) is 0 Å². The Kier molecular flexibility index (Phi) is 4.80. The van der Waals surface area contributed by atoms with Crippen LogP contribution < -0.4 is 5.32 Å². The van der Waals surface area contributed by atoms with E-state index in [9.17, 15) is 5.21 Å². The summed E-state index contributed by atoms with van der Waals surface area (Å²) in [6.45, 7) is 0. The van der Waals surface area contributed by atoms with Crippen molar-refractivity contribution >= 4 is 5.71 Å². The second-order valence-corrected chi connectivity index (χ2v) is 6.70. The van der Waals surface area contributed by atoms with Crippen molar-refractivity contribution in [3.05, 3.63) is 108 Å². The second-order valence-electron chi connectivity index (χ2n) is 6.70. The molecule has 1 heterocycles. The third kappa shape index (κ3) is 3.26. The summed E-state index contributed by atoms with van der Waals surface area (Å²) in [4.78, 5) is 0. The Bertz CT molecular complexity index is 862. The van der Waals surface area contributed by atoms with E-state index >= 15 is 0 Å². The molecule has 0 amide bonds. The molecule has 0 aromatic heterocycles. The molecule has 0 aliphatic carbocycles. The number of rotatable bonds is 3. The van der Waals surface area contributed by atoms with Gasteiger partial charge in [-0.2, -0.15) is 0 Å². The molecule has 0 radical (unpaired) electrons. The number of piperidine rings is 1. The topological polar surface area (TPSA) is 44.6 Å². The van der Waals surface area contributed by atoms with Gasteiger partial charge in [-0.25, -0.2) is 0 Å². The van der Waals surface area contributed by atoms with Gasteiger partial charge in [-0.15, -0.1) is 0 Å². The molecule has 3 heteroatoms. The van der Waals surface area contributed by atoms with Gasteiger partial charge in [-0.1, -0.05) is 96.2 Å². The summed E-state index contributed by atoms with van der Waals surface area (Å²) in [7, 11) is 0. The highest BCUT2D eigenvalue weighted by atomic mass is 16.4. The maximum Gasteiger partial charge on any atom is 0.0683 e. The van der Waals surface area contributed by atoms with Crippen molar-refractivity contribution in [3.63, 3.8) is 0 Å². The first kappa shape index (κ1) is 16.6. The predicted octanol–water partition coefficient (Wildman–Crippen LogP) is 5.08. The lowest BCUT2D eigenvalue weighted by Gasteiger charge is -2.39. The first-order valence-electron chi connectivity index (χ1n) is 8.98. The average Bonchev–Trinajstić information content (AvgIpc) is 2.74. The van der Waals surface area contributed by atoms with Crippen LogP contribution in [0.15, 0.2) is 96.2 Å². The first-order chi connectivity index (χ1) is 12.9. The quantitative estimate of drug-likeness (QED) is 0.515. The molecule has 130 valence electrons. The normalized spacial score (nSPS) is 24.5. The van der Waals surface area contributed by atoms with E-state index in [1.165, 1.54) is 11.1 Å². The van der Waals surface area contributed by atoms with Gasteiger partial charge < -0.3 is 10.5 Å².